The first-order chi connectivity index (χ1) is 7.42. The summed E-state index contributed by atoms with van der Waals surface area (Å²) in [5.41, 5.74) is -6.16. The molecule has 0 heterocycles. The van der Waals surface area contributed by atoms with Crippen LogP contribution in [0.15, 0.2) is 0 Å². The van der Waals surface area contributed by atoms with Gasteiger partial charge in [0.2, 0.25) is 0 Å². The van der Waals surface area contributed by atoms with Crippen molar-refractivity contribution in [1.82, 2.24) is 0 Å². The molecule has 0 rings (SSSR count). The predicted octanol–water partition coefficient (Wildman–Crippen LogP) is 3.29. The van der Waals surface area contributed by atoms with E-state index >= 15 is 0 Å². The highest BCUT2D eigenvalue weighted by Crippen LogP contribution is 2.29. The van der Waals surface area contributed by atoms with Crippen LogP contribution in [0.3, 0.4) is 0 Å². The van der Waals surface area contributed by atoms with Crippen LogP contribution < -0.4 is 0 Å². The van der Waals surface area contributed by atoms with Crippen molar-refractivity contribution in [3.63, 3.8) is 0 Å². The van der Waals surface area contributed by atoms with E-state index in [1.54, 1.807) is 19.6 Å². The Morgan fingerprint density at radius 3 is 2.00 bits per heavy atom. The SMILES string of the molecule is CCCCC(OS(=O)(=O)C(F)(F)F)[Si](C)(C)C. The summed E-state index contributed by atoms with van der Waals surface area (Å²) in [7, 11) is -7.59. The average molecular weight is 292 g/mol. The molecule has 0 aromatic rings. The van der Waals surface area contributed by atoms with E-state index in [9.17, 15) is 21.6 Å². The second-order valence-corrected chi connectivity index (χ2v) is 11.9. The second kappa shape index (κ2) is 5.70. The lowest BCUT2D eigenvalue weighted by Crippen LogP contribution is -2.44. The predicted molar refractivity (Wildman–Crippen MR) is 62.7 cm³/mol. The van der Waals surface area contributed by atoms with Crippen LogP contribution in [0.4, 0.5) is 13.2 Å². The number of rotatable bonds is 6. The van der Waals surface area contributed by atoms with E-state index in [0.717, 1.165) is 6.42 Å². The van der Waals surface area contributed by atoms with Crippen molar-refractivity contribution in [1.29, 1.82) is 0 Å². The van der Waals surface area contributed by atoms with Gasteiger partial charge in [-0.15, -0.1) is 0 Å². The molecule has 3 nitrogen and oxygen atoms in total. The Labute approximate surface area is 101 Å². The first-order valence-electron chi connectivity index (χ1n) is 5.41. The third kappa shape index (κ3) is 5.39. The minimum absolute atomic E-state index is 0.349. The van der Waals surface area contributed by atoms with Gasteiger partial charge in [0.15, 0.2) is 0 Å². The second-order valence-electron chi connectivity index (χ2n) is 4.99. The Hall–Kier alpha value is -0.0831. The van der Waals surface area contributed by atoms with Crippen LogP contribution in [0.5, 0.6) is 0 Å². The van der Waals surface area contributed by atoms with E-state index in [-0.39, 0.29) is 0 Å². The Bertz CT molecular complexity index is 332. The summed E-state index contributed by atoms with van der Waals surface area (Å²) >= 11 is 0. The molecule has 17 heavy (non-hydrogen) atoms. The smallest absolute Gasteiger partial charge is 0.263 e. The van der Waals surface area contributed by atoms with Crippen molar-refractivity contribution in [3.05, 3.63) is 0 Å². The molecule has 104 valence electrons. The minimum Gasteiger partial charge on any atom is -0.263 e. The molecule has 0 saturated heterocycles. The van der Waals surface area contributed by atoms with E-state index < -0.39 is 29.4 Å². The van der Waals surface area contributed by atoms with Gasteiger partial charge in [0.25, 0.3) is 0 Å². The summed E-state index contributed by atoms with van der Waals surface area (Å²) in [4.78, 5) is 0. The van der Waals surface area contributed by atoms with Gasteiger partial charge in [0.05, 0.1) is 13.8 Å². The summed E-state index contributed by atoms with van der Waals surface area (Å²) in [5, 5.41) is 0. The normalized spacial score (nSPS) is 15.9. The topological polar surface area (TPSA) is 43.4 Å². The molecule has 0 spiro atoms. The summed E-state index contributed by atoms with van der Waals surface area (Å²) < 4.78 is 62.9. The first-order valence-corrected chi connectivity index (χ1v) is 10.4. The zero-order chi connectivity index (χ0) is 13.9. The quantitative estimate of drug-likeness (QED) is 0.428. The van der Waals surface area contributed by atoms with Crippen LogP contribution in [0.2, 0.25) is 19.6 Å². The number of alkyl halides is 3. The maximum Gasteiger partial charge on any atom is 0.523 e. The Kier molecular flexibility index (Phi) is 5.68. The molecule has 0 N–H and O–H groups in total. The molecule has 0 aliphatic heterocycles. The van der Waals surface area contributed by atoms with Crippen LogP contribution >= 0.6 is 0 Å². The molecule has 1 unspecified atom stereocenters. The van der Waals surface area contributed by atoms with Gasteiger partial charge in [0.1, 0.15) is 0 Å². The number of halogens is 3. The summed E-state index contributed by atoms with van der Waals surface area (Å²) in [5.74, 6) is 0. The third-order valence-electron chi connectivity index (χ3n) is 2.31. The summed E-state index contributed by atoms with van der Waals surface area (Å²) in [6.45, 7) is 7.26. The van der Waals surface area contributed by atoms with Crippen molar-refractivity contribution >= 4 is 18.2 Å². The van der Waals surface area contributed by atoms with E-state index in [1.165, 1.54) is 0 Å². The zero-order valence-electron chi connectivity index (χ0n) is 10.5. The van der Waals surface area contributed by atoms with Crippen molar-refractivity contribution in [3.8, 4) is 0 Å². The fraction of sp³-hybridized carbons (Fsp3) is 1.00. The van der Waals surface area contributed by atoms with Crippen molar-refractivity contribution < 1.29 is 25.8 Å². The molecular formula is C9H19F3O3SSi. The monoisotopic (exact) mass is 292 g/mol. The van der Waals surface area contributed by atoms with Crippen LogP contribution in [-0.4, -0.2) is 27.7 Å². The third-order valence-corrected chi connectivity index (χ3v) is 5.87. The highest BCUT2D eigenvalue weighted by molar-refractivity contribution is 7.87. The maximum atomic E-state index is 12.2. The molecule has 0 radical (unpaired) electrons. The van der Waals surface area contributed by atoms with Gasteiger partial charge in [-0.05, 0) is 6.42 Å². The Morgan fingerprint density at radius 2 is 1.71 bits per heavy atom. The average Bonchev–Trinajstić information content (AvgIpc) is 2.08. The molecule has 0 saturated carbocycles. The fourth-order valence-electron chi connectivity index (χ4n) is 1.22. The Morgan fingerprint density at radius 1 is 1.24 bits per heavy atom. The number of hydrogen-bond acceptors (Lipinski definition) is 3. The minimum atomic E-state index is -5.48. The van der Waals surface area contributed by atoms with E-state index in [2.05, 4.69) is 4.18 Å². The molecule has 0 aliphatic rings. The molecule has 0 aromatic heterocycles. The molecule has 0 amide bonds. The van der Waals surface area contributed by atoms with E-state index in [1.807, 2.05) is 6.92 Å². The van der Waals surface area contributed by atoms with Gasteiger partial charge >= 0.3 is 15.6 Å². The van der Waals surface area contributed by atoms with Crippen LogP contribution in [0, 0.1) is 0 Å². The molecular weight excluding hydrogens is 273 g/mol. The van der Waals surface area contributed by atoms with Gasteiger partial charge in [0, 0.05) is 0 Å². The summed E-state index contributed by atoms with van der Waals surface area (Å²) in [6.07, 6.45) is 1.79. The fourth-order valence-corrected chi connectivity index (χ4v) is 4.34. The Balaban J connectivity index is 4.89. The molecule has 0 aliphatic carbocycles. The lowest BCUT2D eigenvalue weighted by molar-refractivity contribution is -0.0555. The number of unbranched alkanes of at least 4 members (excludes halogenated alkanes) is 1. The molecule has 0 aromatic carbocycles. The largest absolute Gasteiger partial charge is 0.523 e. The first kappa shape index (κ1) is 16.9. The van der Waals surface area contributed by atoms with Crippen LogP contribution in [0.1, 0.15) is 26.2 Å². The summed E-state index contributed by atoms with van der Waals surface area (Å²) in [6, 6.07) is 0. The van der Waals surface area contributed by atoms with Crippen molar-refractivity contribution in [2.75, 3.05) is 0 Å². The van der Waals surface area contributed by atoms with Crippen molar-refractivity contribution in [2.24, 2.45) is 0 Å². The van der Waals surface area contributed by atoms with Gasteiger partial charge in [-0.25, -0.2) is 0 Å². The van der Waals surface area contributed by atoms with E-state index in [4.69, 9.17) is 0 Å². The highest BCUT2D eigenvalue weighted by atomic mass is 32.2. The van der Waals surface area contributed by atoms with Gasteiger partial charge in [-0.3, -0.25) is 4.18 Å². The van der Waals surface area contributed by atoms with Gasteiger partial charge < -0.3 is 0 Å². The van der Waals surface area contributed by atoms with E-state index in [0.29, 0.717) is 12.8 Å². The molecule has 8 heteroatoms. The molecule has 0 fully saturated rings. The molecule has 1 atom stereocenters. The highest BCUT2D eigenvalue weighted by Gasteiger charge is 2.49. The maximum absolute atomic E-state index is 12.2. The lowest BCUT2D eigenvalue weighted by atomic mass is 10.3. The standard InChI is InChI=1S/C9H19F3O3SSi/c1-5-6-7-8(17(2,3)4)15-16(13,14)9(10,11)12/h8H,5-7H2,1-4H3. The van der Waals surface area contributed by atoms with Gasteiger partial charge in [-0.2, -0.15) is 21.6 Å². The number of hydrogen-bond donors (Lipinski definition) is 0. The molecule has 0 bridgehead atoms. The zero-order valence-corrected chi connectivity index (χ0v) is 12.3. The lowest BCUT2D eigenvalue weighted by Gasteiger charge is -2.28. The van der Waals surface area contributed by atoms with Crippen LogP contribution in [0.25, 0.3) is 0 Å². The van der Waals surface area contributed by atoms with Gasteiger partial charge in [-0.1, -0.05) is 39.4 Å². The van der Waals surface area contributed by atoms with Crippen molar-refractivity contribution in [2.45, 2.75) is 57.1 Å². The van der Waals surface area contributed by atoms with Crippen LogP contribution in [-0.2, 0) is 14.3 Å².